The van der Waals surface area contributed by atoms with Gasteiger partial charge < -0.3 is 28.8 Å². The molecule has 9 heteroatoms. The highest BCUT2D eigenvalue weighted by Crippen LogP contribution is 2.38. The topological polar surface area (TPSA) is 108 Å². The number of rotatable bonds is 70. The van der Waals surface area contributed by atoms with Crippen LogP contribution in [0.15, 0.2) is 48.6 Å². The molecule has 2 N–H and O–H groups in total. The fraction of sp³-hybridized carbons (Fsp3) is 0.882. The molecule has 0 aromatic rings. The Hall–Kier alpha value is -1.54. The Morgan fingerprint density at radius 1 is 0.412 bits per heavy atom. The molecule has 502 valence electrons. The first kappa shape index (κ1) is 83.5. The van der Waals surface area contributed by atoms with Crippen molar-refractivity contribution in [3.05, 3.63) is 48.6 Å². The zero-order chi connectivity index (χ0) is 61.9. The van der Waals surface area contributed by atoms with Crippen LogP contribution >= 0.6 is 7.82 Å². The van der Waals surface area contributed by atoms with Gasteiger partial charge in [0.05, 0.1) is 39.9 Å². The van der Waals surface area contributed by atoms with E-state index in [1.807, 2.05) is 27.2 Å². The second kappa shape index (κ2) is 66.9. The number of hydrogen-bond donors (Lipinski definition) is 2. The van der Waals surface area contributed by atoms with Gasteiger partial charge in [0, 0.05) is 6.42 Å². The molecule has 0 heterocycles. The number of nitrogens with zero attached hydrogens (tertiary/aromatic N) is 1. The summed E-state index contributed by atoms with van der Waals surface area (Å²) in [6.07, 6.45) is 91.2. The van der Waals surface area contributed by atoms with Gasteiger partial charge in [-0.1, -0.05) is 358 Å². The number of likely N-dealkylation sites (N-methyl/N-ethyl adjacent to an activating group) is 1. The second-order valence-electron chi connectivity index (χ2n) is 27.0. The Morgan fingerprint density at radius 2 is 0.694 bits per heavy atom. The molecule has 0 aromatic heterocycles. The lowest BCUT2D eigenvalue weighted by Gasteiger charge is -2.29. The van der Waals surface area contributed by atoms with Crippen LogP contribution in [0.2, 0.25) is 0 Å². The number of allylic oxidation sites excluding steroid dienone is 7. The summed E-state index contributed by atoms with van der Waals surface area (Å²) in [7, 11) is 1.26. The second-order valence-corrected chi connectivity index (χ2v) is 28.4. The minimum atomic E-state index is -4.61. The van der Waals surface area contributed by atoms with Crippen LogP contribution in [-0.4, -0.2) is 68.5 Å². The Morgan fingerprint density at radius 3 is 1.02 bits per heavy atom. The minimum Gasteiger partial charge on any atom is -0.756 e. The molecule has 0 saturated carbocycles. The first-order chi connectivity index (χ1) is 41.5. The van der Waals surface area contributed by atoms with Gasteiger partial charge in [-0.3, -0.25) is 9.36 Å². The summed E-state index contributed by atoms with van der Waals surface area (Å²) < 4.78 is 23.5. The van der Waals surface area contributed by atoms with Crippen molar-refractivity contribution >= 4 is 13.7 Å². The monoisotopic (exact) mass is 1220 g/mol. The fourth-order valence-corrected chi connectivity index (χ4v) is 12.2. The highest BCUT2D eigenvalue weighted by molar-refractivity contribution is 7.45. The van der Waals surface area contributed by atoms with E-state index in [4.69, 9.17) is 9.05 Å². The number of phosphoric acid groups is 1. The van der Waals surface area contributed by atoms with Crippen molar-refractivity contribution in [2.45, 2.75) is 392 Å². The van der Waals surface area contributed by atoms with E-state index < -0.39 is 20.0 Å². The zero-order valence-electron chi connectivity index (χ0n) is 57.6. The van der Waals surface area contributed by atoms with Crippen molar-refractivity contribution < 1.29 is 32.9 Å². The number of carbonyl (C=O) groups excluding carboxylic acids is 1. The summed E-state index contributed by atoms with van der Waals surface area (Å²) in [5.74, 6) is -0.200. The summed E-state index contributed by atoms with van der Waals surface area (Å²) in [5, 5.41) is 14.0. The molecule has 0 spiro atoms. The summed E-state index contributed by atoms with van der Waals surface area (Å²) in [6.45, 7) is 4.68. The molecule has 0 radical (unpaired) electrons. The normalized spacial score (nSPS) is 13.8. The predicted octanol–water partition coefficient (Wildman–Crippen LogP) is 23.5. The molecule has 85 heavy (non-hydrogen) atoms. The molecule has 8 nitrogen and oxygen atoms in total. The molecule has 0 aliphatic heterocycles. The Kier molecular flexibility index (Phi) is 65.7. The van der Waals surface area contributed by atoms with Gasteiger partial charge in [0.15, 0.2) is 0 Å². The number of carbonyl (C=O) groups is 1. The van der Waals surface area contributed by atoms with Gasteiger partial charge >= 0.3 is 0 Å². The summed E-state index contributed by atoms with van der Waals surface area (Å²) in [6, 6.07) is -0.905. The molecule has 0 bridgehead atoms. The largest absolute Gasteiger partial charge is 0.756 e. The molecule has 0 aliphatic carbocycles. The van der Waals surface area contributed by atoms with Crippen LogP contribution in [0.1, 0.15) is 380 Å². The first-order valence-electron chi connectivity index (χ1n) is 37.5. The quantitative estimate of drug-likeness (QED) is 0.0272. The molecule has 0 aliphatic rings. The zero-order valence-corrected chi connectivity index (χ0v) is 58.5. The van der Waals surface area contributed by atoms with Crippen molar-refractivity contribution in [3.63, 3.8) is 0 Å². The average Bonchev–Trinajstić information content (AvgIpc) is 3.49. The van der Waals surface area contributed by atoms with E-state index in [1.165, 1.54) is 315 Å². The van der Waals surface area contributed by atoms with E-state index in [1.54, 1.807) is 6.08 Å². The Bertz CT molecular complexity index is 1530. The van der Waals surface area contributed by atoms with E-state index in [9.17, 15) is 19.4 Å². The third-order valence-corrected chi connectivity index (χ3v) is 18.2. The van der Waals surface area contributed by atoms with Gasteiger partial charge in [0.2, 0.25) is 5.91 Å². The number of unbranched alkanes of at least 4 members (excludes halogenated alkanes) is 51. The van der Waals surface area contributed by atoms with Crippen LogP contribution in [0.5, 0.6) is 0 Å². The van der Waals surface area contributed by atoms with E-state index in [0.717, 1.165) is 44.9 Å². The van der Waals surface area contributed by atoms with Crippen molar-refractivity contribution in [1.82, 2.24) is 5.32 Å². The first-order valence-corrected chi connectivity index (χ1v) is 39.0. The van der Waals surface area contributed by atoms with Crippen LogP contribution < -0.4 is 10.2 Å². The molecule has 0 saturated heterocycles. The van der Waals surface area contributed by atoms with Crippen LogP contribution in [-0.2, 0) is 18.4 Å². The SMILES string of the molecule is CCCCCCC/C=C\C/C=C\CCCCCCCCCCCCCCCCCCCCCCCC(=O)NC(COP(=O)([O-])OCC[N+](C)(C)C)C(O)/C=C/CC/C=C/CCCCCCCCCCCCCCCCCCCCCCCCCC. The third-order valence-electron chi connectivity index (χ3n) is 17.3. The number of phosphoric ester groups is 1. The molecule has 0 aromatic carbocycles. The maximum Gasteiger partial charge on any atom is 0.268 e. The van der Waals surface area contributed by atoms with E-state index in [2.05, 4.69) is 55.6 Å². The van der Waals surface area contributed by atoms with E-state index in [-0.39, 0.29) is 19.1 Å². The van der Waals surface area contributed by atoms with Gasteiger partial charge in [-0.05, 0) is 64.2 Å². The highest BCUT2D eigenvalue weighted by Gasteiger charge is 2.23. The highest BCUT2D eigenvalue weighted by atomic mass is 31.2. The number of nitrogens with one attached hydrogen (secondary N) is 1. The van der Waals surface area contributed by atoms with Crippen molar-refractivity contribution in [2.75, 3.05) is 40.9 Å². The molecule has 3 atom stereocenters. The van der Waals surface area contributed by atoms with Gasteiger partial charge in [-0.25, -0.2) is 0 Å². The van der Waals surface area contributed by atoms with E-state index in [0.29, 0.717) is 17.4 Å². The third kappa shape index (κ3) is 69.8. The van der Waals surface area contributed by atoms with Gasteiger partial charge in [-0.15, -0.1) is 0 Å². The number of aliphatic hydroxyl groups excluding tert-OH is 1. The van der Waals surface area contributed by atoms with Crippen molar-refractivity contribution in [2.24, 2.45) is 0 Å². The maximum absolute atomic E-state index is 13.1. The standard InChI is InChI=1S/C76H147N2O6P/c1-6-8-10-12-14-16-18-20-22-24-26-28-30-32-34-36-38-39-40-42-44-46-48-50-52-54-56-58-60-62-64-66-68-70-76(80)77-74(73-84-85(81,82)83-72-71-78(3,4)5)75(79)69-67-65-63-61-59-57-55-53-51-49-47-45-43-41-37-35-33-31-29-27-25-23-21-19-17-15-13-11-9-7-2/h18,20,24,26,59,61,67,69,74-75,79H,6-17,19,21-23,25,27-58,60,62-66,68,70-73H2,1-5H3,(H-,77,80,81,82)/b20-18-,26-24-,61-59+,69-67+. The van der Waals surface area contributed by atoms with Gasteiger partial charge in [-0.2, -0.15) is 0 Å². The molecule has 3 unspecified atom stereocenters. The van der Waals surface area contributed by atoms with Crippen molar-refractivity contribution in [3.8, 4) is 0 Å². The lowest BCUT2D eigenvalue weighted by Crippen LogP contribution is -2.45. The summed E-state index contributed by atoms with van der Waals surface area (Å²) in [5.41, 5.74) is 0. The average molecular weight is 1220 g/mol. The van der Waals surface area contributed by atoms with Crippen LogP contribution in [0.3, 0.4) is 0 Å². The smallest absolute Gasteiger partial charge is 0.268 e. The minimum absolute atomic E-state index is 0.00504. The number of amides is 1. The van der Waals surface area contributed by atoms with Crippen LogP contribution in [0.4, 0.5) is 0 Å². The summed E-state index contributed by atoms with van der Waals surface area (Å²) >= 11 is 0. The molecular weight excluding hydrogens is 1070 g/mol. The van der Waals surface area contributed by atoms with Crippen LogP contribution in [0, 0.1) is 0 Å². The fourth-order valence-electron chi connectivity index (χ4n) is 11.4. The Labute approximate surface area is 530 Å². The number of aliphatic hydroxyl groups is 1. The molecule has 0 rings (SSSR count). The number of hydrogen-bond acceptors (Lipinski definition) is 6. The van der Waals surface area contributed by atoms with Crippen molar-refractivity contribution in [1.29, 1.82) is 0 Å². The number of quaternary nitrogens is 1. The molecular formula is C76H147N2O6P. The van der Waals surface area contributed by atoms with Gasteiger partial charge in [0.25, 0.3) is 7.82 Å². The molecule has 0 fully saturated rings. The van der Waals surface area contributed by atoms with E-state index >= 15 is 0 Å². The summed E-state index contributed by atoms with van der Waals surface area (Å²) in [4.78, 5) is 25.7. The lowest BCUT2D eigenvalue weighted by atomic mass is 10.0. The van der Waals surface area contributed by atoms with Crippen LogP contribution in [0.25, 0.3) is 0 Å². The Balaban J connectivity index is 4.03. The maximum atomic E-state index is 13.1. The predicted molar refractivity (Wildman–Crippen MR) is 371 cm³/mol. The lowest BCUT2D eigenvalue weighted by molar-refractivity contribution is -0.870. The molecule has 1 amide bonds. The van der Waals surface area contributed by atoms with Gasteiger partial charge in [0.1, 0.15) is 13.2 Å².